The third-order valence-electron chi connectivity index (χ3n) is 1.30. The summed E-state index contributed by atoms with van der Waals surface area (Å²) in [5.74, 6) is 1.01. The van der Waals surface area contributed by atoms with Crippen LogP contribution in [0.25, 0.3) is 0 Å². The molecular formula is C6H7NOS. The highest BCUT2D eigenvalue weighted by molar-refractivity contribution is 7.08. The lowest BCUT2D eigenvalue weighted by Crippen LogP contribution is -2.16. The lowest BCUT2D eigenvalue weighted by molar-refractivity contribution is 0.325. The van der Waals surface area contributed by atoms with Crippen LogP contribution in [0.3, 0.4) is 0 Å². The van der Waals surface area contributed by atoms with Gasteiger partial charge in [-0.15, -0.1) is 11.3 Å². The topological polar surface area (TPSA) is 21.3 Å². The number of ether oxygens (including phenoxy) is 1. The highest BCUT2D eigenvalue weighted by atomic mass is 32.1. The Morgan fingerprint density at radius 1 is 1.56 bits per heavy atom. The average molecular weight is 141 g/mol. The van der Waals surface area contributed by atoms with Crippen molar-refractivity contribution < 1.29 is 4.74 Å². The smallest absolute Gasteiger partial charge is 0.153 e. The van der Waals surface area contributed by atoms with Crippen LogP contribution < -0.4 is 10.1 Å². The molecule has 2 nitrogen and oxygen atoms in total. The van der Waals surface area contributed by atoms with Gasteiger partial charge in [0.05, 0.1) is 5.69 Å². The highest BCUT2D eigenvalue weighted by Gasteiger charge is 2.07. The quantitative estimate of drug-likeness (QED) is 0.592. The molecule has 1 aromatic heterocycles. The van der Waals surface area contributed by atoms with Gasteiger partial charge in [-0.1, -0.05) is 0 Å². The summed E-state index contributed by atoms with van der Waals surface area (Å²) in [5, 5.41) is 7.31. The summed E-state index contributed by atoms with van der Waals surface area (Å²) in [6.45, 7) is 1.73. The molecule has 1 aliphatic heterocycles. The van der Waals surface area contributed by atoms with E-state index in [9.17, 15) is 0 Å². The summed E-state index contributed by atoms with van der Waals surface area (Å²) in [4.78, 5) is 0. The van der Waals surface area contributed by atoms with E-state index in [1.54, 1.807) is 11.3 Å². The fraction of sp³-hybridized carbons (Fsp3) is 0.333. The number of thiophene rings is 1. The summed E-state index contributed by atoms with van der Waals surface area (Å²) >= 11 is 1.67. The molecule has 2 heterocycles. The summed E-state index contributed by atoms with van der Waals surface area (Å²) in [6.07, 6.45) is 0. The van der Waals surface area contributed by atoms with Gasteiger partial charge in [0, 0.05) is 17.3 Å². The number of hydrogen-bond donors (Lipinski definition) is 1. The summed E-state index contributed by atoms with van der Waals surface area (Å²) in [5.41, 5.74) is 1.14. The summed E-state index contributed by atoms with van der Waals surface area (Å²) in [6, 6.07) is 0. The molecule has 3 heteroatoms. The Labute approximate surface area is 57.5 Å². The van der Waals surface area contributed by atoms with Crippen LogP contribution in [0.4, 0.5) is 5.69 Å². The molecule has 0 unspecified atom stereocenters. The zero-order valence-electron chi connectivity index (χ0n) is 4.89. The van der Waals surface area contributed by atoms with Crippen molar-refractivity contribution >= 4 is 17.0 Å². The maximum absolute atomic E-state index is 5.31. The largest absolute Gasteiger partial charge is 0.489 e. The van der Waals surface area contributed by atoms with Crippen molar-refractivity contribution in [2.75, 3.05) is 18.5 Å². The lowest BCUT2D eigenvalue weighted by atomic mass is 10.4. The van der Waals surface area contributed by atoms with Gasteiger partial charge in [0.25, 0.3) is 0 Å². The molecule has 0 aromatic carbocycles. The van der Waals surface area contributed by atoms with Gasteiger partial charge < -0.3 is 10.1 Å². The maximum Gasteiger partial charge on any atom is 0.153 e. The number of hydrogen-bond acceptors (Lipinski definition) is 3. The minimum atomic E-state index is 0.795. The van der Waals surface area contributed by atoms with Crippen LogP contribution >= 0.6 is 11.3 Å². The molecule has 0 aliphatic carbocycles. The standard InChI is InChI=1S/C6H7NOS/c1-2-8-6-4-9-3-5(6)7-1/h3-4,7H,1-2H2. The van der Waals surface area contributed by atoms with Crippen LogP contribution in [0.2, 0.25) is 0 Å². The van der Waals surface area contributed by atoms with Gasteiger partial charge in [-0.25, -0.2) is 0 Å². The van der Waals surface area contributed by atoms with Crippen molar-refractivity contribution in [2.45, 2.75) is 0 Å². The monoisotopic (exact) mass is 141 g/mol. The predicted molar refractivity (Wildman–Crippen MR) is 38.3 cm³/mol. The van der Waals surface area contributed by atoms with Gasteiger partial charge in [0.1, 0.15) is 6.61 Å². The van der Waals surface area contributed by atoms with Crippen LogP contribution in [-0.4, -0.2) is 13.2 Å². The van der Waals surface area contributed by atoms with E-state index in [0.717, 1.165) is 24.6 Å². The molecule has 0 saturated heterocycles. The zero-order chi connectivity index (χ0) is 6.10. The van der Waals surface area contributed by atoms with E-state index in [4.69, 9.17) is 4.74 Å². The van der Waals surface area contributed by atoms with Crippen LogP contribution in [0.5, 0.6) is 5.75 Å². The molecule has 0 amide bonds. The molecule has 1 N–H and O–H groups in total. The molecule has 2 rings (SSSR count). The Morgan fingerprint density at radius 3 is 3.44 bits per heavy atom. The van der Waals surface area contributed by atoms with Gasteiger partial charge in [0.15, 0.2) is 5.75 Å². The van der Waals surface area contributed by atoms with Crippen LogP contribution in [0.1, 0.15) is 0 Å². The highest BCUT2D eigenvalue weighted by Crippen LogP contribution is 2.30. The van der Waals surface area contributed by atoms with Crippen molar-refractivity contribution in [3.05, 3.63) is 10.8 Å². The van der Waals surface area contributed by atoms with Crippen molar-refractivity contribution in [1.29, 1.82) is 0 Å². The summed E-state index contributed by atoms with van der Waals surface area (Å²) < 4.78 is 5.31. The van der Waals surface area contributed by atoms with E-state index in [1.165, 1.54) is 0 Å². The number of fused-ring (bicyclic) bond motifs is 1. The Kier molecular flexibility index (Phi) is 1.09. The second-order valence-electron chi connectivity index (χ2n) is 1.92. The first-order valence-corrected chi connectivity index (χ1v) is 3.84. The van der Waals surface area contributed by atoms with Crippen molar-refractivity contribution in [3.8, 4) is 5.75 Å². The van der Waals surface area contributed by atoms with E-state index < -0.39 is 0 Å². The van der Waals surface area contributed by atoms with E-state index in [2.05, 4.69) is 10.7 Å². The SMILES string of the molecule is c1scc2c1NCCO2. The second kappa shape index (κ2) is 1.92. The van der Waals surface area contributed by atoms with Gasteiger partial charge in [-0.2, -0.15) is 0 Å². The van der Waals surface area contributed by atoms with Crippen molar-refractivity contribution in [2.24, 2.45) is 0 Å². The maximum atomic E-state index is 5.31. The van der Waals surface area contributed by atoms with Crippen LogP contribution in [-0.2, 0) is 0 Å². The van der Waals surface area contributed by atoms with Gasteiger partial charge in [0.2, 0.25) is 0 Å². The molecule has 0 saturated carbocycles. The van der Waals surface area contributed by atoms with Crippen LogP contribution in [0, 0.1) is 0 Å². The van der Waals surface area contributed by atoms with Crippen molar-refractivity contribution in [1.82, 2.24) is 0 Å². The predicted octanol–water partition coefficient (Wildman–Crippen LogP) is 1.55. The Morgan fingerprint density at radius 2 is 2.56 bits per heavy atom. The zero-order valence-corrected chi connectivity index (χ0v) is 5.70. The molecule has 0 fully saturated rings. The molecule has 1 aromatic rings. The molecule has 0 spiro atoms. The lowest BCUT2D eigenvalue weighted by Gasteiger charge is -2.14. The molecule has 0 radical (unpaired) electrons. The first-order chi connectivity index (χ1) is 4.47. The number of nitrogens with one attached hydrogen (secondary N) is 1. The fourth-order valence-electron chi connectivity index (χ4n) is 0.873. The Bertz CT molecular complexity index is 188. The van der Waals surface area contributed by atoms with Gasteiger partial charge >= 0.3 is 0 Å². The first-order valence-electron chi connectivity index (χ1n) is 2.90. The third-order valence-corrected chi connectivity index (χ3v) is 2.02. The molecule has 48 valence electrons. The number of anilines is 1. The molecule has 0 bridgehead atoms. The minimum absolute atomic E-state index is 0.795. The summed E-state index contributed by atoms with van der Waals surface area (Å²) in [7, 11) is 0. The molecular weight excluding hydrogens is 134 g/mol. The molecule has 0 atom stereocenters. The van der Waals surface area contributed by atoms with Gasteiger partial charge in [-0.05, 0) is 0 Å². The van der Waals surface area contributed by atoms with E-state index in [1.807, 2.05) is 5.38 Å². The van der Waals surface area contributed by atoms with Crippen molar-refractivity contribution in [3.63, 3.8) is 0 Å². The van der Waals surface area contributed by atoms with E-state index in [0.29, 0.717) is 0 Å². The minimum Gasteiger partial charge on any atom is -0.489 e. The molecule has 1 aliphatic rings. The van der Waals surface area contributed by atoms with Crippen LogP contribution in [0.15, 0.2) is 10.8 Å². The van der Waals surface area contributed by atoms with E-state index in [-0.39, 0.29) is 0 Å². The Balaban J connectivity index is 2.39. The molecule has 9 heavy (non-hydrogen) atoms. The fourth-order valence-corrected chi connectivity index (χ4v) is 1.59. The Hall–Kier alpha value is -0.700. The second-order valence-corrected chi connectivity index (χ2v) is 2.67. The first kappa shape index (κ1) is 5.11. The normalized spacial score (nSPS) is 15.6. The average Bonchev–Trinajstić information content (AvgIpc) is 2.33. The third kappa shape index (κ3) is 0.772. The van der Waals surface area contributed by atoms with E-state index >= 15 is 0 Å². The number of rotatable bonds is 0. The van der Waals surface area contributed by atoms with Gasteiger partial charge in [-0.3, -0.25) is 0 Å².